The summed E-state index contributed by atoms with van der Waals surface area (Å²) >= 11 is 0. The van der Waals surface area contributed by atoms with Crippen LogP contribution in [0.25, 0.3) is 0 Å². The van der Waals surface area contributed by atoms with Crippen LogP contribution in [-0.4, -0.2) is 48.6 Å². The van der Waals surface area contributed by atoms with Crippen molar-refractivity contribution in [3.8, 4) is 0 Å². The number of carbonyl (C=O) groups excluding carboxylic acids is 2. The summed E-state index contributed by atoms with van der Waals surface area (Å²) in [6, 6.07) is 17.8. The van der Waals surface area contributed by atoms with Crippen LogP contribution in [0.1, 0.15) is 35.3 Å². The zero-order valence-electron chi connectivity index (χ0n) is 16.6. The Balaban J connectivity index is 1.64. The van der Waals surface area contributed by atoms with E-state index < -0.39 is 12.1 Å². The average Bonchev–Trinajstić information content (AvgIpc) is 2.73. The van der Waals surface area contributed by atoms with Crippen molar-refractivity contribution in [2.45, 2.75) is 38.8 Å². The molecule has 1 aliphatic rings. The number of hydrogen-bond donors (Lipinski definition) is 1. The van der Waals surface area contributed by atoms with Crippen molar-refractivity contribution in [1.82, 2.24) is 10.2 Å². The third-order valence-corrected chi connectivity index (χ3v) is 5.34. The zero-order chi connectivity index (χ0) is 19.9. The Morgan fingerprint density at radius 2 is 1.79 bits per heavy atom. The standard InChI is InChI=1S/C23H28N2O3/c1-3-25(4-2)19(14-17-10-6-5-7-11-17)16-24-22(26)21-15-18-12-8-9-13-20(18)23(27)28-21/h5-13,19,21H,3-4,14-16H2,1-2H3,(H,24,26)/t19-,21+/m1/s1. The van der Waals surface area contributed by atoms with Gasteiger partial charge < -0.3 is 10.1 Å². The fourth-order valence-electron chi connectivity index (χ4n) is 3.77. The Morgan fingerprint density at radius 1 is 1.11 bits per heavy atom. The van der Waals surface area contributed by atoms with Crippen LogP contribution in [0.15, 0.2) is 54.6 Å². The maximum absolute atomic E-state index is 12.7. The molecule has 2 atom stereocenters. The van der Waals surface area contributed by atoms with Crippen LogP contribution in [0.3, 0.4) is 0 Å². The molecule has 0 radical (unpaired) electrons. The molecule has 0 aromatic heterocycles. The van der Waals surface area contributed by atoms with Crippen LogP contribution in [-0.2, 0) is 22.4 Å². The van der Waals surface area contributed by atoms with Gasteiger partial charge in [-0.3, -0.25) is 9.69 Å². The number of cyclic esters (lactones) is 1. The molecule has 2 aromatic carbocycles. The molecule has 28 heavy (non-hydrogen) atoms. The molecule has 0 saturated heterocycles. The number of rotatable bonds is 8. The molecule has 5 nitrogen and oxygen atoms in total. The maximum Gasteiger partial charge on any atom is 0.339 e. The summed E-state index contributed by atoms with van der Waals surface area (Å²) in [7, 11) is 0. The molecule has 1 heterocycles. The first-order chi connectivity index (χ1) is 13.6. The highest BCUT2D eigenvalue weighted by Crippen LogP contribution is 2.20. The summed E-state index contributed by atoms with van der Waals surface area (Å²) < 4.78 is 5.37. The number of amides is 1. The van der Waals surface area contributed by atoms with Gasteiger partial charge in [0.1, 0.15) is 0 Å². The lowest BCUT2D eigenvalue weighted by molar-refractivity contribution is -0.130. The smallest absolute Gasteiger partial charge is 0.339 e. The Kier molecular flexibility index (Phi) is 6.82. The molecule has 1 amide bonds. The van der Waals surface area contributed by atoms with Crippen molar-refractivity contribution in [3.05, 3.63) is 71.3 Å². The van der Waals surface area contributed by atoms with Crippen molar-refractivity contribution in [3.63, 3.8) is 0 Å². The molecule has 0 bridgehead atoms. The number of carbonyl (C=O) groups is 2. The highest BCUT2D eigenvalue weighted by Gasteiger charge is 2.31. The minimum atomic E-state index is -0.767. The van der Waals surface area contributed by atoms with Crippen LogP contribution < -0.4 is 5.32 Å². The summed E-state index contributed by atoms with van der Waals surface area (Å²) in [5.74, 6) is -0.653. The van der Waals surface area contributed by atoms with Crippen LogP contribution >= 0.6 is 0 Å². The number of ether oxygens (including phenoxy) is 1. The molecule has 3 rings (SSSR count). The van der Waals surface area contributed by atoms with E-state index in [-0.39, 0.29) is 11.9 Å². The van der Waals surface area contributed by atoms with E-state index in [1.807, 2.05) is 30.3 Å². The number of nitrogens with zero attached hydrogens (tertiary/aromatic N) is 1. The number of fused-ring (bicyclic) bond motifs is 1. The van der Waals surface area contributed by atoms with Crippen molar-refractivity contribution in [2.75, 3.05) is 19.6 Å². The number of hydrogen-bond acceptors (Lipinski definition) is 4. The van der Waals surface area contributed by atoms with Gasteiger partial charge in [0.15, 0.2) is 6.10 Å². The fourth-order valence-corrected chi connectivity index (χ4v) is 3.77. The summed E-state index contributed by atoms with van der Waals surface area (Å²) in [6.07, 6.45) is 0.509. The second kappa shape index (κ2) is 9.51. The molecule has 2 aromatic rings. The van der Waals surface area contributed by atoms with Crippen molar-refractivity contribution < 1.29 is 14.3 Å². The minimum Gasteiger partial charge on any atom is -0.448 e. The Bertz CT molecular complexity index is 803. The highest BCUT2D eigenvalue weighted by atomic mass is 16.5. The largest absolute Gasteiger partial charge is 0.448 e. The Labute approximate surface area is 166 Å². The predicted octanol–water partition coefficient (Wildman–Crippen LogP) is 2.84. The molecule has 148 valence electrons. The minimum absolute atomic E-state index is 0.188. The fraction of sp³-hybridized carbons (Fsp3) is 0.391. The zero-order valence-corrected chi connectivity index (χ0v) is 16.6. The summed E-state index contributed by atoms with van der Waals surface area (Å²) in [6.45, 7) is 6.60. The quantitative estimate of drug-likeness (QED) is 0.716. The predicted molar refractivity (Wildman–Crippen MR) is 109 cm³/mol. The van der Waals surface area contributed by atoms with E-state index in [2.05, 4.69) is 36.2 Å². The van der Waals surface area contributed by atoms with Gasteiger partial charge in [-0.2, -0.15) is 0 Å². The maximum atomic E-state index is 12.7. The number of benzene rings is 2. The van der Waals surface area contributed by atoms with Gasteiger partial charge in [-0.05, 0) is 36.7 Å². The van der Waals surface area contributed by atoms with Gasteiger partial charge in [-0.1, -0.05) is 62.4 Å². The molecule has 0 saturated carbocycles. The molecule has 0 spiro atoms. The number of likely N-dealkylation sites (N-methyl/N-ethyl adjacent to an activating group) is 1. The van der Waals surface area contributed by atoms with Gasteiger partial charge in [-0.15, -0.1) is 0 Å². The normalized spacial score (nSPS) is 17.0. The first-order valence-electron chi connectivity index (χ1n) is 9.97. The first-order valence-corrected chi connectivity index (χ1v) is 9.97. The van der Waals surface area contributed by atoms with E-state index in [4.69, 9.17) is 4.74 Å². The van der Waals surface area contributed by atoms with Crippen LogP contribution in [0, 0.1) is 0 Å². The van der Waals surface area contributed by atoms with Gasteiger partial charge in [0.2, 0.25) is 0 Å². The molecule has 5 heteroatoms. The second-order valence-electron chi connectivity index (χ2n) is 7.07. The molecular formula is C23H28N2O3. The van der Waals surface area contributed by atoms with Gasteiger partial charge in [0.05, 0.1) is 5.56 Å². The van der Waals surface area contributed by atoms with E-state index >= 15 is 0 Å². The second-order valence-corrected chi connectivity index (χ2v) is 7.07. The molecule has 1 aliphatic heterocycles. The van der Waals surface area contributed by atoms with Crippen molar-refractivity contribution in [1.29, 1.82) is 0 Å². The third kappa shape index (κ3) is 4.78. The van der Waals surface area contributed by atoms with E-state index in [0.717, 1.165) is 25.1 Å². The van der Waals surface area contributed by atoms with Crippen molar-refractivity contribution in [2.24, 2.45) is 0 Å². The summed E-state index contributed by atoms with van der Waals surface area (Å²) in [4.78, 5) is 27.2. The molecule has 0 aliphatic carbocycles. The van der Waals surface area contributed by atoms with Crippen LogP contribution in [0.2, 0.25) is 0 Å². The third-order valence-electron chi connectivity index (χ3n) is 5.34. The van der Waals surface area contributed by atoms with Crippen molar-refractivity contribution >= 4 is 11.9 Å². The Hall–Kier alpha value is -2.66. The summed E-state index contributed by atoms with van der Waals surface area (Å²) in [5.41, 5.74) is 2.66. The van der Waals surface area contributed by atoms with Gasteiger partial charge in [0, 0.05) is 19.0 Å². The van der Waals surface area contributed by atoms with E-state index in [1.54, 1.807) is 12.1 Å². The molecule has 0 fully saturated rings. The SMILES string of the molecule is CCN(CC)[C@@H](CNC(=O)[C@@H]1Cc2ccccc2C(=O)O1)Cc1ccccc1. The lowest BCUT2D eigenvalue weighted by Gasteiger charge is -2.31. The lowest BCUT2D eigenvalue weighted by atomic mass is 9.98. The van der Waals surface area contributed by atoms with E-state index in [0.29, 0.717) is 18.5 Å². The van der Waals surface area contributed by atoms with Gasteiger partial charge in [-0.25, -0.2) is 4.79 Å². The van der Waals surface area contributed by atoms with E-state index in [9.17, 15) is 9.59 Å². The van der Waals surface area contributed by atoms with Crippen LogP contribution in [0.4, 0.5) is 0 Å². The van der Waals surface area contributed by atoms with Gasteiger partial charge in [0.25, 0.3) is 5.91 Å². The molecule has 0 unspecified atom stereocenters. The monoisotopic (exact) mass is 380 g/mol. The van der Waals surface area contributed by atoms with Crippen LogP contribution in [0.5, 0.6) is 0 Å². The highest BCUT2D eigenvalue weighted by molar-refractivity contribution is 5.95. The summed E-state index contributed by atoms with van der Waals surface area (Å²) in [5, 5.41) is 3.02. The molecular weight excluding hydrogens is 352 g/mol. The average molecular weight is 380 g/mol. The number of nitrogens with one attached hydrogen (secondary N) is 1. The van der Waals surface area contributed by atoms with E-state index in [1.165, 1.54) is 5.56 Å². The topological polar surface area (TPSA) is 58.6 Å². The number of esters is 1. The first kappa shape index (κ1) is 20.1. The lowest BCUT2D eigenvalue weighted by Crippen LogP contribution is -2.49. The molecule has 1 N–H and O–H groups in total. The Morgan fingerprint density at radius 3 is 2.50 bits per heavy atom. The van der Waals surface area contributed by atoms with Gasteiger partial charge >= 0.3 is 5.97 Å².